The van der Waals surface area contributed by atoms with Gasteiger partial charge in [-0.05, 0) is 51.4 Å². The van der Waals surface area contributed by atoms with Crippen LogP contribution in [0.5, 0.6) is 5.75 Å². The minimum absolute atomic E-state index is 0.386. The van der Waals surface area contributed by atoms with Gasteiger partial charge in [0, 0.05) is 18.8 Å². The molecule has 1 atom stereocenters. The second kappa shape index (κ2) is 7.34. The van der Waals surface area contributed by atoms with Gasteiger partial charge in [-0.15, -0.1) is 0 Å². The van der Waals surface area contributed by atoms with E-state index in [0.29, 0.717) is 6.04 Å². The van der Waals surface area contributed by atoms with Crippen molar-refractivity contribution in [2.75, 3.05) is 31.6 Å². The van der Waals surface area contributed by atoms with E-state index in [1.54, 1.807) is 0 Å². The predicted octanol–water partition coefficient (Wildman–Crippen LogP) is 2.77. The molecule has 1 fully saturated rings. The monoisotopic (exact) mass is 263 g/mol. The van der Waals surface area contributed by atoms with Crippen LogP contribution in [0.3, 0.4) is 0 Å². The number of aromatic nitrogens is 1. The molecule has 1 aromatic rings. The van der Waals surface area contributed by atoms with Crippen LogP contribution in [-0.2, 0) is 0 Å². The molecule has 0 radical (unpaired) electrons. The molecule has 0 spiro atoms. The third kappa shape index (κ3) is 4.39. The lowest BCUT2D eigenvalue weighted by Crippen LogP contribution is -2.33. The molecule has 0 amide bonds. The Morgan fingerprint density at radius 1 is 1.42 bits per heavy atom. The average Bonchev–Trinajstić information content (AvgIpc) is 2.90. The first-order valence-electron chi connectivity index (χ1n) is 7.36. The van der Waals surface area contributed by atoms with Crippen LogP contribution in [-0.4, -0.2) is 42.2 Å². The van der Waals surface area contributed by atoms with Crippen LogP contribution in [0.25, 0.3) is 0 Å². The second-order valence-corrected chi connectivity index (χ2v) is 5.25. The van der Waals surface area contributed by atoms with Gasteiger partial charge in [-0.25, -0.2) is 4.98 Å². The van der Waals surface area contributed by atoms with Gasteiger partial charge in [-0.1, -0.05) is 6.92 Å². The Labute approximate surface area is 116 Å². The third-order valence-electron chi connectivity index (χ3n) is 3.35. The molecule has 1 aromatic heterocycles. The molecule has 1 saturated heterocycles. The Balaban J connectivity index is 1.89. The summed E-state index contributed by atoms with van der Waals surface area (Å²) in [5.74, 6) is 1.72. The minimum Gasteiger partial charge on any atom is -0.490 e. The van der Waals surface area contributed by atoms with Crippen molar-refractivity contribution in [2.24, 2.45) is 0 Å². The zero-order chi connectivity index (χ0) is 13.5. The highest BCUT2D eigenvalue weighted by Crippen LogP contribution is 2.22. The Morgan fingerprint density at radius 3 is 2.95 bits per heavy atom. The molecule has 106 valence electrons. The summed E-state index contributed by atoms with van der Waals surface area (Å²) in [4.78, 5) is 6.90. The molecular formula is C15H25N3O. The van der Waals surface area contributed by atoms with E-state index in [-0.39, 0.29) is 0 Å². The smallest absolute Gasteiger partial charge is 0.169 e. The quantitative estimate of drug-likeness (QED) is 0.821. The summed E-state index contributed by atoms with van der Waals surface area (Å²) in [6, 6.07) is 4.28. The van der Waals surface area contributed by atoms with E-state index in [9.17, 15) is 0 Å². The topological polar surface area (TPSA) is 37.4 Å². The number of rotatable bonds is 7. The van der Waals surface area contributed by atoms with Crippen molar-refractivity contribution >= 4 is 5.82 Å². The van der Waals surface area contributed by atoms with Crippen molar-refractivity contribution in [2.45, 2.75) is 39.2 Å². The Hall–Kier alpha value is -1.29. The number of hydrogen-bond acceptors (Lipinski definition) is 4. The van der Waals surface area contributed by atoms with Crippen LogP contribution in [0.2, 0.25) is 0 Å². The van der Waals surface area contributed by atoms with E-state index >= 15 is 0 Å². The number of likely N-dealkylation sites (tertiary alicyclic amines) is 1. The van der Waals surface area contributed by atoms with E-state index in [2.05, 4.69) is 29.0 Å². The minimum atomic E-state index is 0.386. The normalized spacial score (nSPS) is 17.4. The van der Waals surface area contributed by atoms with E-state index in [1.807, 2.05) is 18.3 Å². The van der Waals surface area contributed by atoms with Crippen LogP contribution in [0, 0.1) is 0 Å². The maximum atomic E-state index is 5.72. The fourth-order valence-electron chi connectivity index (χ4n) is 2.46. The Morgan fingerprint density at radius 2 is 2.21 bits per heavy atom. The van der Waals surface area contributed by atoms with Crippen molar-refractivity contribution in [3.8, 4) is 5.75 Å². The zero-order valence-corrected chi connectivity index (χ0v) is 12.1. The third-order valence-corrected chi connectivity index (χ3v) is 3.35. The summed E-state index contributed by atoms with van der Waals surface area (Å²) in [6.45, 7) is 8.58. The van der Waals surface area contributed by atoms with E-state index in [0.717, 1.165) is 31.1 Å². The van der Waals surface area contributed by atoms with E-state index in [4.69, 9.17) is 4.74 Å². The van der Waals surface area contributed by atoms with Gasteiger partial charge < -0.3 is 15.0 Å². The molecule has 1 unspecified atom stereocenters. The molecule has 0 aliphatic carbocycles. The van der Waals surface area contributed by atoms with Gasteiger partial charge in [-0.2, -0.15) is 0 Å². The fraction of sp³-hybridized carbons (Fsp3) is 0.667. The van der Waals surface area contributed by atoms with Crippen LogP contribution >= 0.6 is 0 Å². The van der Waals surface area contributed by atoms with Gasteiger partial charge in [0.05, 0.1) is 6.61 Å². The molecule has 2 heterocycles. The molecule has 0 aromatic carbocycles. The molecule has 2 rings (SSSR count). The Bertz CT molecular complexity index is 377. The van der Waals surface area contributed by atoms with E-state index < -0.39 is 0 Å². The number of nitrogens with one attached hydrogen (secondary N) is 1. The summed E-state index contributed by atoms with van der Waals surface area (Å²) in [6.07, 6.45) is 5.49. The standard InChI is InChI=1S/C15H25N3O/c1-3-11-19-14-7-6-8-16-15(14)17-13(2)12-18-9-4-5-10-18/h6-8,13H,3-5,9-12H2,1-2H3,(H,16,17). The van der Waals surface area contributed by atoms with E-state index in [1.165, 1.54) is 25.9 Å². The van der Waals surface area contributed by atoms with Crippen molar-refractivity contribution in [3.63, 3.8) is 0 Å². The van der Waals surface area contributed by atoms with Crippen molar-refractivity contribution in [3.05, 3.63) is 18.3 Å². The molecule has 4 nitrogen and oxygen atoms in total. The first-order valence-corrected chi connectivity index (χ1v) is 7.36. The van der Waals surface area contributed by atoms with Gasteiger partial charge in [0.1, 0.15) is 0 Å². The number of pyridine rings is 1. The first-order chi connectivity index (χ1) is 9.29. The fourth-order valence-corrected chi connectivity index (χ4v) is 2.46. The molecular weight excluding hydrogens is 238 g/mol. The molecule has 19 heavy (non-hydrogen) atoms. The summed E-state index contributed by atoms with van der Waals surface area (Å²) >= 11 is 0. The summed E-state index contributed by atoms with van der Waals surface area (Å²) < 4.78 is 5.72. The maximum Gasteiger partial charge on any atom is 0.169 e. The van der Waals surface area contributed by atoms with Crippen LogP contribution < -0.4 is 10.1 Å². The molecule has 1 N–H and O–H groups in total. The number of anilines is 1. The van der Waals surface area contributed by atoms with Crippen molar-refractivity contribution in [1.82, 2.24) is 9.88 Å². The number of nitrogens with zero attached hydrogens (tertiary/aromatic N) is 2. The lowest BCUT2D eigenvalue weighted by molar-refractivity contribution is 0.314. The number of ether oxygens (including phenoxy) is 1. The zero-order valence-electron chi connectivity index (χ0n) is 12.1. The lowest BCUT2D eigenvalue weighted by atomic mass is 10.3. The predicted molar refractivity (Wildman–Crippen MR) is 78.8 cm³/mol. The largest absolute Gasteiger partial charge is 0.490 e. The van der Waals surface area contributed by atoms with Crippen LogP contribution in [0.15, 0.2) is 18.3 Å². The van der Waals surface area contributed by atoms with Crippen LogP contribution in [0.4, 0.5) is 5.82 Å². The highest BCUT2D eigenvalue weighted by molar-refractivity contribution is 5.50. The van der Waals surface area contributed by atoms with Gasteiger partial charge >= 0.3 is 0 Å². The van der Waals surface area contributed by atoms with Gasteiger partial charge in [0.2, 0.25) is 0 Å². The lowest BCUT2D eigenvalue weighted by Gasteiger charge is -2.22. The SMILES string of the molecule is CCCOc1cccnc1NC(C)CN1CCCC1. The molecule has 0 saturated carbocycles. The molecule has 1 aliphatic heterocycles. The molecule has 4 heteroatoms. The van der Waals surface area contributed by atoms with Gasteiger partial charge in [0.15, 0.2) is 11.6 Å². The summed E-state index contributed by atoms with van der Waals surface area (Å²) in [5, 5.41) is 3.47. The summed E-state index contributed by atoms with van der Waals surface area (Å²) in [7, 11) is 0. The second-order valence-electron chi connectivity index (χ2n) is 5.25. The average molecular weight is 263 g/mol. The van der Waals surface area contributed by atoms with Crippen molar-refractivity contribution in [1.29, 1.82) is 0 Å². The van der Waals surface area contributed by atoms with Crippen molar-refractivity contribution < 1.29 is 4.74 Å². The van der Waals surface area contributed by atoms with Crippen LogP contribution in [0.1, 0.15) is 33.1 Å². The highest BCUT2D eigenvalue weighted by Gasteiger charge is 2.15. The van der Waals surface area contributed by atoms with Gasteiger partial charge in [-0.3, -0.25) is 0 Å². The van der Waals surface area contributed by atoms with Gasteiger partial charge in [0.25, 0.3) is 0 Å². The summed E-state index contributed by atoms with van der Waals surface area (Å²) in [5.41, 5.74) is 0. The molecule has 0 bridgehead atoms. The first kappa shape index (κ1) is 14.1. The Kier molecular flexibility index (Phi) is 5.45. The molecule has 1 aliphatic rings. The highest BCUT2D eigenvalue weighted by atomic mass is 16.5. The maximum absolute atomic E-state index is 5.72. The number of hydrogen-bond donors (Lipinski definition) is 1.